The molecule has 1 atom stereocenters. The highest BCUT2D eigenvalue weighted by Gasteiger charge is 2.25. The van der Waals surface area contributed by atoms with Gasteiger partial charge in [0, 0.05) is 23.2 Å². The first-order valence-electron chi connectivity index (χ1n) is 9.20. The van der Waals surface area contributed by atoms with E-state index in [1.54, 1.807) is 28.4 Å². The topological polar surface area (TPSA) is 69.2 Å². The summed E-state index contributed by atoms with van der Waals surface area (Å²) in [6.45, 7) is 4.55. The second kappa shape index (κ2) is 9.66. The van der Waals surface area contributed by atoms with Crippen molar-refractivity contribution in [3.05, 3.63) is 47.5 Å². The third kappa shape index (κ3) is 5.09. The lowest BCUT2D eigenvalue weighted by atomic mass is 9.93. The van der Waals surface area contributed by atoms with E-state index in [9.17, 15) is 5.11 Å². The lowest BCUT2D eigenvalue weighted by Crippen LogP contribution is -2.43. The lowest BCUT2D eigenvalue weighted by Gasteiger charge is -2.29. The van der Waals surface area contributed by atoms with Crippen molar-refractivity contribution >= 4 is 0 Å². The molecule has 2 aromatic rings. The summed E-state index contributed by atoms with van der Waals surface area (Å²) in [7, 11) is 6.41. The summed E-state index contributed by atoms with van der Waals surface area (Å²) in [5.41, 5.74) is 1.46. The van der Waals surface area contributed by atoms with E-state index in [4.69, 9.17) is 18.9 Å². The van der Waals surface area contributed by atoms with Crippen LogP contribution in [0.3, 0.4) is 0 Å². The molecule has 0 saturated carbocycles. The van der Waals surface area contributed by atoms with Crippen molar-refractivity contribution in [1.29, 1.82) is 0 Å². The zero-order valence-corrected chi connectivity index (χ0v) is 17.5. The van der Waals surface area contributed by atoms with Crippen molar-refractivity contribution in [2.45, 2.75) is 31.9 Å². The van der Waals surface area contributed by atoms with E-state index in [0.717, 1.165) is 11.1 Å². The first kappa shape index (κ1) is 21.9. The Kier molecular flexibility index (Phi) is 7.54. The molecular formula is C22H31NO5. The van der Waals surface area contributed by atoms with Gasteiger partial charge in [0.15, 0.2) is 11.5 Å². The fraction of sp³-hybridized carbons (Fsp3) is 0.455. The van der Waals surface area contributed by atoms with Gasteiger partial charge >= 0.3 is 0 Å². The van der Waals surface area contributed by atoms with Crippen LogP contribution in [0.2, 0.25) is 0 Å². The van der Waals surface area contributed by atoms with Crippen molar-refractivity contribution in [3.8, 4) is 23.0 Å². The SMILES string of the molecule is COc1ccccc1C(O)CNC(C)(C)Cc1ccc(OC)c(OC)c1OC. The largest absolute Gasteiger partial charge is 0.496 e. The van der Waals surface area contributed by atoms with Gasteiger partial charge in [-0.25, -0.2) is 0 Å². The molecular weight excluding hydrogens is 358 g/mol. The highest BCUT2D eigenvalue weighted by atomic mass is 16.5. The summed E-state index contributed by atoms with van der Waals surface area (Å²) < 4.78 is 21.7. The van der Waals surface area contributed by atoms with Crippen LogP contribution in [0.5, 0.6) is 23.0 Å². The Labute approximate surface area is 167 Å². The van der Waals surface area contributed by atoms with Crippen LogP contribution in [0, 0.1) is 0 Å². The second-order valence-corrected chi connectivity index (χ2v) is 7.19. The van der Waals surface area contributed by atoms with E-state index < -0.39 is 6.10 Å². The second-order valence-electron chi connectivity index (χ2n) is 7.19. The van der Waals surface area contributed by atoms with Crippen LogP contribution in [-0.2, 0) is 6.42 Å². The summed E-state index contributed by atoms with van der Waals surface area (Å²) in [5.74, 6) is 2.53. The van der Waals surface area contributed by atoms with Gasteiger partial charge in [-0.2, -0.15) is 0 Å². The summed E-state index contributed by atoms with van der Waals surface area (Å²) in [6.07, 6.45) is -0.00227. The number of para-hydroxylation sites is 1. The molecule has 2 N–H and O–H groups in total. The van der Waals surface area contributed by atoms with Crippen molar-refractivity contribution in [2.75, 3.05) is 35.0 Å². The number of methoxy groups -OCH3 is 4. The highest BCUT2D eigenvalue weighted by Crippen LogP contribution is 2.40. The van der Waals surface area contributed by atoms with E-state index in [-0.39, 0.29) is 5.54 Å². The first-order valence-corrected chi connectivity index (χ1v) is 9.20. The molecule has 0 saturated heterocycles. The number of hydrogen-bond acceptors (Lipinski definition) is 6. The predicted octanol–water partition coefficient (Wildman–Crippen LogP) is 3.37. The minimum Gasteiger partial charge on any atom is -0.496 e. The minimum absolute atomic E-state index is 0.296. The molecule has 0 amide bonds. The van der Waals surface area contributed by atoms with Crippen LogP contribution in [0.1, 0.15) is 31.1 Å². The summed E-state index contributed by atoms with van der Waals surface area (Å²) >= 11 is 0. The number of aliphatic hydroxyl groups excluding tert-OH is 1. The van der Waals surface area contributed by atoms with Gasteiger partial charge in [-0.15, -0.1) is 0 Å². The molecule has 0 radical (unpaired) electrons. The number of β-amino-alcohol motifs (C(OH)–C–C–N with tert-alkyl or cyclic N) is 1. The molecule has 0 aliphatic heterocycles. The number of nitrogens with one attached hydrogen (secondary N) is 1. The number of rotatable bonds is 10. The number of aliphatic hydroxyl groups is 1. The summed E-state index contributed by atoms with van der Waals surface area (Å²) in [6, 6.07) is 11.3. The normalized spacial score (nSPS) is 12.4. The molecule has 0 aliphatic carbocycles. The molecule has 0 aliphatic rings. The van der Waals surface area contributed by atoms with E-state index in [2.05, 4.69) is 19.2 Å². The van der Waals surface area contributed by atoms with Crippen molar-refractivity contribution < 1.29 is 24.1 Å². The Morgan fingerprint density at radius 2 is 1.50 bits per heavy atom. The van der Waals surface area contributed by atoms with Gasteiger partial charge in [-0.3, -0.25) is 0 Å². The Bertz CT molecular complexity index is 776. The predicted molar refractivity (Wildman–Crippen MR) is 110 cm³/mol. The quantitative estimate of drug-likeness (QED) is 0.649. The molecule has 2 aromatic carbocycles. The molecule has 6 nitrogen and oxygen atoms in total. The van der Waals surface area contributed by atoms with Crippen LogP contribution < -0.4 is 24.3 Å². The van der Waals surface area contributed by atoms with Gasteiger partial charge in [0.25, 0.3) is 0 Å². The number of hydrogen-bond donors (Lipinski definition) is 2. The zero-order chi connectivity index (χ0) is 20.7. The molecule has 6 heteroatoms. The highest BCUT2D eigenvalue weighted by molar-refractivity contribution is 5.56. The van der Waals surface area contributed by atoms with Crippen LogP contribution in [-0.4, -0.2) is 45.6 Å². The van der Waals surface area contributed by atoms with E-state index in [0.29, 0.717) is 36.0 Å². The Hall–Kier alpha value is -2.44. The van der Waals surface area contributed by atoms with Crippen LogP contribution in [0.15, 0.2) is 36.4 Å². The fourth-order valence-corrected chi connectivity index (χ4v) is 3.27. The van der Waals surface area contributed by atoms with Gasteiger partial charge in [0.2, 0.25) is 5.75 Å². The fourth-order valence-electron chi connectivity index (χ4n) is 3.27. The van der Waals surface area contributed by atoms with E-state index in [1.165, 1.54) is 0 Å². The maximum absolute atomic E-state index is 10.6. The van der Waals surface area contributed by atoms with Crippen LogP contribution in [0.25, 0.3) is 0 Å². The average Bonchev–Trinajstić information content (AvgIpc) is 2.71. The standard InChI is InChI=1S/C22H31NO5/c1-22(2,23-14-17(24)16-9-7-8-10-18(16)25-3)13-15-11-12-19(26-4)21(28-6)20(15)27-5/h7-12,17,23-24H,13-14H2,1-6H3. The molecule has 0 aromatic heterocycles. The van der Waals surface area contributed by atoms with Crippen LogP contribution >= 0.6 is 0 Å². The molecule has 0 spiro atoms. The molecule has 28 heavy (non-hydrogen) atoms. The van der Waals surface area contributed by atoms with Crippen molar-refractivity contribution in [3.63, 3.8) is 0 Å². The summed E-state index contributed by atoms with van der Waals surface area (Å²) in [4.78, 5) is 0. The third-order valence-electron chi connectivity index (χ3n) is 4.69. The molecule has 154 valence electrons. The molecule has 1 unspecified atom stereocenters. The van der Waals surface area contributed by atoms with E-state index >= 15 is 0 Å². The minimum atomic E-state index is -0.678. The molecule has 0 bridgehead atoms. The maximum Gasteiger partial charge on any atom is 0.203 e. The van der Waals surface area contributed by atoms with E-state index in [1.807, 2.05) is 36.4 Å². The smallest absolute Gasteiger partial charge is 0.203 e. The average molecular weight is 389 g/mol. The molecule has 2 rings (SSSR count). The number of benzene rings is 2. The lowest BCUT2D eigenvalue weighted by molar-refractivity contribution is 0.157. The van der Waals surface area contributed by atoms with Gasteiger partial charge < -0.3 is 29.4 Å². The van der Waals surface area contributed by atoms with Gasteiger partial charge in [-0.1, -0.05) is 24.3 Å². The Morgan fingerprint density at radius 1 is 0.857 bits per heavy atom. The van der Waals surface area contributed by atoms with Gasteiger partial charge in [-0.05, 0) is 32.4 Å². The van der Waals surface area contributed by atoms with Gasteiger partial charge in [0.1, 0.15) is 5.75 Å². The molecule has 0 fully saturated rings. The molecule has 0 heterocycles. The number of ether oxygens (including phenoxy) is 4. The Balaban J connectivity index is 2.13. The van der Waals surface area contributed by atoms with Crippen molar-refractivity contribution in [1.82, 2.24) is 5.32 Å². The zero-order valence-electron chi connectivity index (χ0n) is 17.5. The third-order valence-corrected chi connectivity index (χ3v) is 4.69. The maximum atomic E-state index is 10.6. The van der Waals surface area contributed by atoms with Crippen LogP contribution in [0.4, 0.5) is 0 Å². The monoisotopic (exact) mass is 389 g/mol. The Morgan fingerprint density at radius 3 is 2.11 bits per heavy atom. The van der Waals surface area contributed by atoms with Gasteiger partial charge in [0.05, 0.1) is 34.5 Å². The first-order chi connectivity index (χ1) is 13.4. The van der Waals surface area contributed by atoms with Crippen molar-refractivity contribution in [2.24, 2.45) is 0 Å². The summed E-state index contributed by atoms with van der Waals surface area (Å²) in [5, 5.41) is 14.1.